The molecule has 2 aromatic carbocycles. The highest BCUT2D eigenvalue weighted by molar-refractivity contribution is 5.95. The van der Waals surface area contributed by atoms with Crippen molar-refractivity contribution in [1.29, 1.82) is 0 Å². The van der Waals surface area contributed by atoms with E-state index in [1.165, 1.54) is 5.56 Å². The van der Waals surface area contributed by atoms with Crippen molar-refractivity contribution < 1.29 is 14.3 Å². The molecule has 0 aliphatic carbocycles. The minimum absolute atomic E-state index is 0.0508. The van der Waals surface area contributed by atoms with E-state index in [1.54, 1.807) is 30.2 Å². The van der Waals surface area contributed by atoms with Crippen LogP contribution in [-0.2, 0) is 6.42 Å². The number of benzene rings is 2. The lowest BCUT2D eigenvalue weighted by molar-refractivity contribution is 0.0761. The summed E-state index contributed by atoms with van der Waals surface area (Å²) in [6, 6.07) is 15.4. The van der Waals surface area contributed by atoms with E-state index in [0.29, 0.717) is 49.2 Å². The third kappa shape index (κ3) is 6.29. The lowest BCUT2D eigenvalue weighted by atomic mass is 10.1. The van der Waals surface area contributed by atoms with E-state index in [1.807, 2.05) is 18.2 Å². The molecule has 0 unspecified atom stereocenters. The van der Waals surface area contributed by atoms with Gasteiger partial charge in [-0.05, 0) is 36.1 Å². The summed E-state index contributed by atoms with van der Waals surface area (Å²) in [5.41, 5.74) is 7.49. The zero-order valence-electron chi connectivity index (χ0n) is 16.5. The number of nitrogens with two attached hydrogens (primary N) is 1. The maximum absolute atomic E-state index is 13.0. The summed E-state index contributed by atoms with van der Waals surface area (Å²) in [6.45, 7) is 6.32. The topological polar surface area (TPSA) is 64.8 Å². The van der Waals surface area contributed by atoms with Gasteiger partial charge in [0.1, 0.15) is 0 Å². The van der Waals surface area contributed by atoms with Gasteiger partial charge in [-0.25, -0.2) is 0 Å². The molecular formula is C22H30N2O3. The summed E-state index contributed by atoms with van der Waals surface area (Å²) in [5.74, 6) is 1.58. The van der Waals surface area contributed by atoms with Gasteiger partial charge < -0.3 is 20.1 Å². The molecule has 5 heteroatoms. The van der Waals surface area contributed by atoms with Crippen LogP contribution in [-0.4, -0.2) is 44.2 Å². The van der Waals surface area contributed by atoms with Gasteiger partial charge in [0, 0.05) is 25.2 Å². The lowest BCUT2D eigenvalue weighted by Gasteiger charge is -2.23. The Bertz CT molecular complexity index is 717. The summed E-state index contributed by atoms with van der Waals surface area (Å²) >= 11 is 0. The molecule has 0 atom stereocenters. The predicted octanol–water partition coefficient (Wildman–Crippen LogP) is 3.37. The quantitative estimate of drug-likeness (QED) is 0.696. The molecule has 0 saturated heterocycles. The molecule has 2 aromatic rings. The maximum Gasteiger partial charge on any atom is 0.254 e. The molecule has 27 heavy (non-hydrogen) atoms. The molecule has 0 bridgehead atoms. The molecule has 2 rings (SSSR count). The number of carbonyl (C=O) groups is 1. The Hall–Kier alpha value is -2.53. The summed E-state index contributed by atoms with van der Waals surface area (Å²) in [5, 5.41) is 0. The molecule has 146 valence electrons. The summed E-state index contributed by atoms with van der Waals surface area (Å²) in [4.78, 5) is 14.8. The van der Waals surface area contributed by atoms with E-state index in [2.05, 4.69) is 26.0 Å². The normalized spacial score (nSPS) is 10.7. The van der Waals surface area contributed by atoms with Crippen molar-refractivity contribution >= 4 is 5.91 Å². The monoisotopic (exact) mass is 370 g/mol. The second-order valence-electron chi connectivity index (χ2n) is 6.89. The molecule has 0 aromatic heterocycles. The van der Waals surface area contributed by atoms with E-state index < -0.39 is 0 Å². The Morgan fingerprint density at radius 1 is 1.07 bits per heavy atom. The van der Waals surface area contributed by atoms with Crippen molar-refractivity contribution in [3.8, 4) is 11.5 Å². The second-order valence-corrected chi connectivity index (χ2v) is 6.89. The van der Waals surface area contributed by atoms with Crippen molar-refractivity contribution in [2.75, 3.05) is 33.4 Å². The van der Waals surface area contributed by atoms with Crippen LogP contribution in [0.3, 0.4) is 0 Å². The van der Waals surface area contributed by atoms with Gasteiger partial charge in [0.05, 0.1) is 13.7 Å². The lowest BCUT2D eigenvalue weighted by Crippen LogP contribution is -2.37. The van der Waals surface area contributed by atoms with Gasteiger partial charge >= 0.3 is 0 Å². The predicted molar refractivity (Wildman–Crippen MR) is 108 cm³/mol. The molecule has 0 spiro atoms. The van der Waals surface area contributed by atoms with Crippen molar-refractivity contribution in [3.63, 3.8) is 0 Å². The number of rotatable bonds is 10. The fraction of sp³-hybridized carbons (Fsp3) is 0.409. The van der Waals surface area contributed by atoms with Crippen molar-refractivity contribution in [3.05, 3.63) is 59.7 Å². The van der Waals surface area contributed by atoms with Gasteiger partial charge in [-0.2, -0.15) is 0 Å². The number of methoxy groups -OCH3 is 1. The van der Waals surface area contributed by atoms with Gasteiger partial charge in [0.25, 0.3) is 5.91 Å². The van der Waals surface area contributed by atoms with E-state index in [4.69, 9.17) is 15.2 Å². The van der Waals surface area contributed by atoms with Crippen LogP contribution in [0.4, 0.5) is 0 Å². The van der Waals surface area contributed by atoms with Crippen LogP contribution in [0.5, 0.6) is 11.5 Å². The van der Waals surface area contributed by atoms with Gasteiger partial charge in [-0.15, -0.1) is 0 Å². The zero-order valence-corrected chi connectivity index (χ0v) is 16.5. The molecule has 0 radical (unpaired) electrons. The molecule has 0 heterocycles. The maximum atomic E-state index is 13.0. The number of hydrogen-bond donors (Lipinski definition) is 1. The molecule has 0 fully saturated rings. The van der Waals surface area contributed by atoms with E-state index in [0.717, 1.165) is 6.42 Å². The summed E-state index contributed by atoms with van der Waals surface area (Å²) in [7, 11) is 1.58. The van der Waals surface area contributed by atoms with Crippen LogP contribution in [0.1, 0.15) is 29.8 Å². The second kappa shape index (κ2) is 10.6. The first-order valence-corrected chi connectivity index (χ1v) is 9.39. The fourth-order valence-electron chi connectivity index (χ4n) is 2.74. The largest absolute Gasteiger partial charge is 0.493 e. The van der Waals surface area contributed by atoms with E-state index in [9.17, 15) is 4.79 Å². The van der Waals surface area contributed by atoms with Crippen molar-refractivity contribution in [2.24, 2.45) is 11.7 Å². The third-order valence-electron chi connectivity index (χ3n) is 4.18. The smallest absolute Gasteiger partial charge is 0.254 e. The molecule has 5 nitrogen and oxygen atoms in total. The number of amides is 1. The highest BCUT2D eigenvalue weighted by Gasteiger charge is 2.17. The van der Waals surface area contributed by atoms with Crippen molar-refractivity contribution in [2.45, 2.75) is 20.3 Å². The molecule has 2 N–H and O–H groups in total. The van der Waals surface area contributed by atoms with Crippen LogP contribution >= 0.6 is 0 Å². The van der Waals surface area contributed by atoms with Gasteiger partial charge in [-0.1, -0.05) is 44.2 Å². The highest BCUT2D eigenvalue weighted by Crippen LogP contribution is 2.29. The minimum atomic E-state index is -0.0508. The van der Waals surface area contributed by atoms with Crippen LogP contribution in [0.25, 0.3) is 0 Å². The Kier molecular flexibility index (Phi) is 8.14. The van der Waals surface area contributed by atoms with Gasteiger partial charge in [0.15, 0.2) is 11.5 Å². The van der Waals surface area contributed by atoms with Gasteiger partial charge in [-0.3, -0.25) is 4.79 Å². The molecule has 1 amide bonds. The number of carbonyl (C=O) groups excluding carboxylic acids is 1. The molecule has 0 aliphatic rings. The third-order valence-corrected chi connectivity index (χ3v) is 4.18. The molecular weight excluding hydrogens is 340 g/mol. The van der Waals surface area contributed by atoms with Crippen LogP contribution in [0, 0.1) is 5.92 Å². The standard InChI is InChI=1S/C22H30N2O3/c1-17(2)16-27-20-10-9-19(15-21(20)26-3)22(25)24(14-12-23)13-11-18-7-5-4-6-8-18/h4-10,15,17H,11-14,16,23H2,1-3H3. The first-order valence-electron chi connectivity index (χ1n) is 9.39. The average molecular weight is 370 g/mol. The Balaban J connectivity index is 2.11. The Labute approximate surface area is 162 Å². The van der Waals surface area contributed by atoms with Crippen LogP contribution < -0.4 is 15.2 Å². The summed E-state index contributed by atoms with van der Waals surface area (Å²) < 4.78 is 11.2. The Morgan fingerprint density at radius 2 is 1.81 bits per heavy atom. The number of ether oxygens (including phenoxy) is 2. The number of nitrogens with zero attached hydrogens (tertiary/aromatic N) is 1. The summed E-state index contributed by atoms with van der Waals surface area (Å²) in [6.07, 6.45) is 0.791. The van der Waals surface area contributed by atoms with Crippen LogP contribution in [0.15, 0.2) is 48.5 Å². The molecule has 0 aliphatic heterocycles. The average Bonchev–Trinajstić information content (AvgIpc) is 2.69. The highest BCUT2D eigenvalue weighted by atomic mass is 16.5. The molecule has 0 saturated carbocycles. The SMILES string of the molecule is COc1cc(C(=O)N(CCN)CCc2ccccc2)ccc1OCC(C)C. The first kappa shape index (κ1) is 20.8. The van der Waals surface area contributed by atoms with Gasteiger partial charge in [0.2, 0.25) is 0 Å². The van der Waals surface area contributed by atoms with E-state index >= 15 is 0 Å². The van der Waals surface area contributed by atoms with E-state index in [-0.39, 0.29) is 5.91 Å². The first-order chi connectivity index (χ1) is 13.0. The minimum Gasteiger partial charge on any atom is -0.493 e. The van der Waals surface area contributed by atoms with Crippen LogP contribution in [0.2, 0.25) is 0 Å². The fourth-order valence-corrected chi connectivity index (χ4v) is 2.74. The number of hydrogen-bond acceptors (Lipinski definition) is 4. The zero-order chi connectivity index (χ0) is 19.6. The Morgan fingerprint density at radius 3 is 2.44 bits per heavy atom. The van der Waals surface area contributed by atoms with Crippen molar-refractivity contribution in [1.82, 2.24) is 4.90 Å².